The van der Waals surface area contributed by atoms with E-state index in [2.05, 4.69) is 22.1 Å². The summed E-state index contributed by atoms with van der Waals surface area (Å²) in [5, 5.41) is 3.63. The Labute approximate surface area is 111 Å². The molecule has 3 fully saturated rings. The number of nitrogens with zero attached hydrogens (tertiary/aromatic N) is 2. The zero-order valence-corrected chi connectivity index (χ0v) is 11.9. The third-order valence-corrected chi connectivity index (χ3v) is 5.29. The molecule has 2 atom stereocenters. The Morgan fingerprint density at radius 1 is 1.22 bits per heavy atom. The van der Waals surface area contributed by atoms with Crippen molar-refractivity contribution in [1.82, 2.24) is 10.2 Å². The first-order valence-corrected chi connectivity index (χ1v) is 7.71. The fraction of sp³-hybridized carbons (Fsp3) is 0.933. The van der Waals surface area contributed by atoms with Crippen LogP contribution in [0.3, 0.4) is 0 Å². The number of nitrogens with one attached hydrogen (secondary N) is 1. The quantitative estimate of drug-likeness (QED) is 0.571. The first-order chi connectivity index (χ1) is 8.72. The van der Waals surface area contributed by atoms with Crippen LogP contribution < -0.4 is 5.32 Å². The fourth-order valence-corrected chi connectivity index (χ4v) is 3.81. The Bertz CT molecular complexity index is 331. The zero-order valence-electron chi connectivity index (χ0n) is 11.9. The predicted octanol–water partition coefficient (Wildman–Crippen LogP) is 2.63. The molecule has 0 aromatic carbocycles. The minimum Gasteiger partial charge on any atom is -0.353 e. The molecule has 102 valence electrons. The topological polar surface area (TPSA) is 27.6 Å². The molecule has 2 aliphatic carbocycles. The van der Waals surface area contributed by atoms with E-state index in [0.717, 1.165) is 11.9 Å². The molecular formula is C15H27N3. The number of aliphatic imine (C=N–C) groups is 1. The van der Waals surface area contributed by atoms with E-state index in [-0.39, 0.29) is 0 Å². The molecule has 0 amide bonds. The van der Waals surface area contributed by atoms with Gasteiger partial charge in [-0.2, -0.15) is 0 Å². The standard InChI is InChI=1S/C15H27N3/c1-12-10-13(12)17-14(16-2)18-9-8-15(11-18)6-4-3-5-7-15/h12-13H,3-11H2,1-2H3,(H,16,17). The smallest absolute Gasteiger partial charge is 0.193 e. The highest BCUT2D eigenvalue weighted by Crippen LogP contribution is 2.43. The van der Waals surface area contributed by atoms with Crippen molar-refractivity contribution in [1.29, 1.82) is 0 Å². The van der Waals surface area contributed by atoms with E-state index in [4.69, 9.17) is 0 Å². The molecule has 18 heavy (non-hydrogen) atoms. The van der Waals surface area contributed by atoms with Gasteiger partial charge in [0.15, 0.2) is 5.96 Å². The van der Waals surface area contributed by atoms with Crippen molar-refractivity contribution in [2.75, 3.05) is 20.1 Å². The lowest BCUT2D eigenvalue weighted by Gasteiger charge is -2.33. The van der Waals surface area contributed by atoms with E-state index < -0.39 is 0 Å². The lowest BCUT2D eigenvalue weighted by molar-refractivity contribution is 0.203. The first kappa shape index (κ1) is 12.3. The van der Waals surface area contributed by atoms with E-state index in [1.807, 2.05) is 7.05 Å². The molecule has 0 aromatic heterocycles. The second kappa shape index (κ2) is 4.75. The molecular weight excluding hydrogens is 222 g/mol. The third kappa shape index (κ3) is 2.36. The summed E-state index contributed by atoms with van der Waals surface area (Å²) < 4.78 is 0. The number of hydrogen-bond donors (Lipinski definition) is 1. The minimum absolute atomic E-state index is 0.630. The van der Waals surface area contributed by atoms with Crippen LogP contribution in [0.25, 0.3) is 0 Å². The van der Waals surface area contributed by atoms with E-state index in [1.165, 1.54) is 58.0 Å². The lowest BCUT2D eigenvalue weighted by Crippen LogP contribution is -2.42. The monoisotopic (exact) mass is 249 g/mol. The number of guanidine groups is 1. The van der Waals surface area contributed by atoms with Gasteiger partial charge >= 0.3 is 0 Å². The summed E-state index contributed by atoms with van der Waals surface area (Å²) in [4.78, 5) is 7.00. The highest BCUT2D eigenvalue weighted by atomic mass is 15.3. The van der Waals surface area contributed by atoms with E-state index >= 15 is 0 Å². The van der Waals surface area contributed by atoms with Gasteiger partial charge < -0.3 is 10.2 Å². The van der Waals surface area contributed by atoms with Crippen LogP contribution in [0.5, 0.6) is 0 Å². The van der Waals surface area contributed by atoms with Gasteiger partial charge in [0, 0.05) is 26.2 Å². The molecule has 2 unspecified atom stereocenters. The Kier molecular flexibility index (Phi) is 3.25. The molecule has 1 N–H and O–H groups in total. The summed E-state index contributed by atoms with van der Waals surface area (Å²) in [5.41, 5.74) is 0.630. The molecule has 3 aliphatic rings. The van der Waals surface area contributed by atoms with E-state index in [1.54, 1.807) is 0 Å². The minimum atomic E-state index is 0.630. The summed E-state index contributed by atoms with van der Waals surface area (Å²) >= 11 is 0. The van der Waals surface area contributed by atoms with Gasteiger partial charge in [-0.1, -0.05) is 26.2 Å². The van der Waals surface area contributed by atoms with Crippen LogP contribution in [-0.4, -0.2) is 37.0 Å². The van der Waals surface area contributed by atoms with Crippen molar-refractivity contribution in [2.45, 2.75) is 57.9 Å². The number of likely N-dealkylation sites (tertiary alicyclic amines) is 1. The van der Waals surface area contributed by atoms with Crippen LogP contribution >= 0.6 is 0 Å². The van der Waals surface area contributed by atoms with E-state index in [9.17, 15) is 0 Å². The molecule has 0 aromatic rings. The van der Waals surface area contributed by atoms with Gasteiger partial charge in [-0.05, 0) is 37.0 Å². The summed E-state index contributed by atoms with van der Waals surface area (Å²) in [5.74, 6) is 2.00. The SMILES string of the molecule is CN=C(NC1CC1C)N1CCC2(CCCCC2)C1. The van der Waals surface area contributed by atoms with Gasteiger partial charge in [-0.25, -0.2) is 0 Å². The van der Waals surface area contributed by atoms with E-state index in [0.29, 0.717) is 11.5 Å². The highest BCUT2D eigenvalue weighted by Gasteiger charge is 2.41. The molecule has 3 rings (SSSR count). The third-order valence-electron chi connectivity index (χ3n) is 5.29. The second-order valence-corrected chi connectivity index (χ2v) is 6.74. The van der Waals surface area contributed by atoms with Crippen molar-refractivity contribution in [2.24, 2.45) is 16.3 Å². The average molecular weight is 249 g/mol. The molecule has 1 heterocycles. The zero-order chi connectivity index (χ0) is 12.6. The molecule has 3 nitrogen and oxygen atoms in total. The van der Waals surface area contributed by atoms with Crippen LogP contribution in [-0.2, 0) is 0 Å². The predicted molar refractivity (Wildman–Crippen MR) is 75.8 cm³/mol. The number of hydrogen-bond acceptors (Lipinski definition) is 1. The van der Waals surface area contributed by atoms with Crippen LogP contribution in [0.2, 0.25) is 0 Å². The average Bonchev–Trinajstić information content (AvgIpc) is 2.94. The Morgan fingerprint density at radius 3 is 2.56 bits per heavy atom. The summed E-state index contributed by atoms with van der Waals surface area (Å²) in [6.07, 6.45) is 9.93. The van der Waals surface area contributed by atoms with Crippen molar-refractivity contribution in [3.63, 3.8) is 0 Å². The first-order valence-electron chi connectivity index (χ1n) is 7.71. The van der Waals surface area contributed by atoms with Crippen molar-refractivity contribution in [3.8, 4) is 0 Å². The molecule has 1 aliphatic heterocycles. The molecule has 1 saturated heterocycles. The van der Waals surface area contributed by atoms with Gasteiger partial charge in [0.2, 0.25) is 0 Å². The van der Waals surface area contributed by atoms with Crippen LogP contribution in [0, 0.1) is 11.3 Å². The van der Waals surface area contributed by atoms with Gasteiger partial charge in [0.25, 0.3) is 0 Å². The number of rotatable bonds is 1. The largest absolute Gasteiger partial charge is 0.353 e. The molecule has 0 bridgehead atoms. The van der Waals surface area contributed by atoms with Crippen LogP contribution in [0.1, 0.15) is 51.9 Å². The van der Waals surface area contributed by atoms with Crippen molar-refractivity contribution >= 4 is 5.96 Å². The Hall–Kier alpha value is -0.730. The lowest BCUT2D eigenvalue weighted by atomic mass is 9.73. The van der Waals surface area contributed by atoms with Gasteiger partial charge in [-0.15, -0.1) is 0 Å². The maximum Gasteiger partial charge on any atom is 0.193 e. The Balaban J connectivity index is 1.59. The maximum atomic E-state index is 4.49. The van der Waals surface area contributed by atoms with Crippen molar-refractivity contribution in [3.05, 3.63) is 0 Å². The maximum absolute atomic E-state index is 4.49. The van der Waals surface area contributed by atoms with Crippen LogP contribution in [0.15, 0.2) is 4.99 Å². The van der Waals surface area contributed by atoms with Gasteiger partial charge in [0.05, 0.1) is 0 Å². The van der Waals surface area contributed by atoms with Crippen LogP contribution in [0.4, 0.5) is 0 Å². The second-order valence-electron chi connectivity index (χ2n) is 6.74. The summed E-state index contributed by atoms with van der Waals surface area (Å²) in [7, 11) is 1.93. The molecule has 2 saturated carbocycles. The van der Waals surface area contributed by atoms with Crippen molar-refractivity contribution < 1.29 is 0 Å². The summed E-state index contributed by atoms with van der Waals surface area (Å²) in [6.45, 7) is 4.77. The van der Waals surface area contributed by atoms with Gasteiger partial charge in [-0.3, -0.25) is 4.99 Å². The molecule has 0 radical (unpaired) electrons. The molecule has 3 heteroatoms. The fourth-order valence-electron chi connectivity index (χ4n) is 3.81. The van der Waals surface area contributed by atoms with Gasteiger partial charge in [0.1, 0.15) is 0 Å². The molecule has 1 spiro atoms. The Morgan fingerprint density at radius 2 is 1.94 bits per heavy atom. The normalized spacial score (nSPS) is 35.0. The highest BCUT2D eigenvalue weighted by molar-refractivity contribution is 5.80. The summed E-state index contributed by atoms with van der Waals surface area (Å²) in [6, 6.07) is 0.687.